The predicted octanol–water partition coefficient (Wildman–Crippen LogP) is 2.31. The van der Waals surface area contributed by atoms with Crippen molar-refractivity contribution in [1.82, 2.24) is 19.9 Å². The average molecular weight is 407 g/mol. The minimum atomic E-state index is -0.411. The molecule has 3 aromatic heterocycles. The van der Waals surface area contributed by atoms with Crippen LogP contribution < -0.4 is 26.8 Å². The van der Waals surface area contributed by atoms with Crippen LogP contribution in [-0.4, -0.2) is 33.0 Å². The SMILES string of the molecule is CCNC(=O)Nc1cc(Nc2ccc(=O)n(C)c2)c(C(=O)Nc2cccnc2)cn1. The summed E-state index contributed by atoms with van der Waals surface area (Å²) in [7, 11) is 1.62. The zero-order chi connectivity index (χ0) is 21.5. The quantitative estimate of drug-likeness (QED) is 0.496. The number of hydrogen-bond acceptors (Lipinski definition) is 6. The van der Waals surface area contributed by atoms with Gasteiger partial charge >= 0.3 is 6.03 Å². The number of nitrogens with one attached hydrogen (secondary N) is 4. The molecule has 3 amide bonds. The molecule has 0 bridgehead atoms. The molecule has 0 unspecified atom stereocenters. The van der Waals surface area contributed by atoms with Gasteiger partial charge in [-0.25, -0.2) is 9.78 Å². The van der Waals surface area contributed by atoms with E-state index in [1.54, 1.807) is 50.6 Å². The van der Waals surface area contributed by atoms with Crippen LogP contribution in [0.3, 0.4) is 0 Å². The first kappa shape index (κ1) is 20.5. The number of amides is 3. The Balaban J connectivity index is 1.93. The molecule has 10 heteroatoms. The third kappa shape index (κ3) is 5.19. The summed E-state index contributed by atoms with van der Waals surface area (Å²) in [6, 6.07) is 7.55. The number of aryl methyl sites for hydroxylation is 1. The number of hydrogen-bond donors (Lipinski definition) is 4. The topological polar surface area (TPSA) is 130 Å². The lowest BCUT2D eigenvalue weighted by Gasteiger charge is -2.14. The van der Waals surface area contributed by atoms with Crippen LogP contribution in [-0.2, 0) is 7.05 Å². The van der Waals surface area contributed by atoms with Gasteiger partial charge < -0.3 is 20.5 Å². The maximum absolute atomic E-state index is 12.8. The molecule has 3 aromatic rings. The van der Waals surface area contributed by atoms with Crippen molar-refractivity contribution in [2.75, 3.05) is 22.5 Å². The van der Waals surface area contributed by atoms with Crippen LogP contribution >= 0.6 is 0 Å². The monoisotopic (exact) mass is 407 g/mol. The maximum atomic E-state index is 12.8. The highest BCUT2D eigenvalue weighted by Gasteiger charge is 2.15. The molecule has 0 fully saturated rings. The van der Waals surface area contributed by atoms with Crippen molar-refractivity contribution in [2.24, 2.45) is 7.05 Å². The Bertz CT molecular complexity index is 1110. The Kier molecular flexibility index (Phi) is 6.38. The molecule has 3 heterocycles. The van der Waals surface area contributed by atoms with Crippen molar-refractivity contribution in [3.63, 3.8) is 0 Å². The molecule has 154 valence electrons. The van der Waals surface area contributed by atoms with Gasteiger partial charge in [0.15, 0.2) is 0 Å². The van der Waals surface area contributed by atoms with Gasteiger partial charge in [0.25, 0.3) is 5.91 Å². The van der Waals surface area contributed by atoms with Crippen LogP contribution in [0.15, 0.2) is 59.9 Å². The van der Waals surface area contributed by atoms with E-state index in [0.29, 0.717) is 23.6 Å². The molecule has 4 N–H and O–H groups in total. The number of carbonyl (C=O) groups is 2. The van der Waals surface area contributed by atoms with Gasteiger partial charge in [-0.3, -0.25) is 19.9 Å². The van der Waals surface area contributed by atoms with Gasteiger partial charge in [-0.05, 0) is 25.1 Å². The summed E-state index contributed by atoms with van der Waals surface area (Å²) in [4.78, 5) is 44.4. The Morgan fingerprint density at radius 2 is 1.93 bits per heavy atom. The summed E-state index contributed by atoms with van der Waals surface area (Å²) in [6.45, 7) is 2.26. The van der Waals surface area contributed by atoms with Crippen LogP contribution in [0.5, 0.6) is 0 Å². The second-order valence-electron chi connectivity index (χ2n) is 6.29. The van der Waals surface area contributed by atoms with Crippen molar-refractivity contribution >= 4 is 34.8 Å². The van der Waals surface area contributed by atoms with Gasteiger partial charge in [0.2, 0.25) is 5.56 Å². The van der Waals surface area contributed by atoms with Crippen LogP contribution in [0.4, 0.5) is 27.7 Å². The minimum absolute atomic E-state index is 0.164. The standard InChI is InChI=1S/C20H21N7O3/c1-3-22-20(30)26-17-9-16(24-14-6-7-18(28)27(2)12-14)15(11-23-17)19(29)25-13-5-4-8-21-10-13/h4-12H,3H2,1-2H3,(H,25,29)(H3,22,23,24,26,30). The first-order chi connectivity index (χ1) is 14.5. The van der Waals surface area contributed by atoms with Crippen molar-refractivity contribution in [3.8, 4) is 0 Å². The van der Waals surface area contributed by atoms with Gasteiger partial charge in [0.1, 0.15) is 5.82 Å². The fraction of sp³-hybridized carbons (Fsp3) is 0.150. The molecule has 3 rings (SSSR count). The third-order valence-electron chi connectivity index (χ3n) is 4.01. The van der Waals surface area contributed by atoms with Crippen molar-refractivity contribution in [2.45, 2.75) is 6.92 Å². The molecular weight excluding hydrogens is 386 g/mol. The Labute approximate surface area is 172 Å². The number of aromatic nitrogens is 3. The molecule has 0 aromatic carbocycles. The molecule has 0 atom stereocenters. The fourth-order valence-electron chi connectivity index (χ4n) is 2.59. The van der Waals surface area contributed by atoms with E-state index in [2.05, 4.69) is 31.2 Å². The van der Waals surface area contributed by atoms with Crippen LogP contribution in [0.25, 0.3) is 0 Å². The average Bonchev–Trinajstić information content (AvgIpc) is 2.72. The highest BCUT2D eigenvalue weighted by Crippen LogP contribution is 2.24. The lowest BCUT2D eigenvalue weighted by molar-refractivity contribution is 0.102. The zero-order valence-electron chi connectivity index (χ0n) is 16.5. The van der Waals surface area contributed by atoms with Gasteiger partial charge in [-0.1, -0.05) is 0 Å². The smallest absolute Gasteiger partial charge is 0.320 e. The van der Waals surface area contributed by atoms with E-state index in [4.69, 9.17) is 0 Å². The lowest BCUT2D eigenvalue weighted by Crippen LogP contribution is -2.28. The van der Waals surface area contributed by atoms with Gasteiger partial charge in [0.05, 0.1) is 28.8 Å². The van der Waals surface area contributed by atoms with Crippen molar-refractivity contribution in [1.29, 1.82) is 0 Å². The van der Waals surface area contributed by atoms with Gasteiger partial charge in [-0.2, -0.15) is 0 Å². The lowest BCUT2D eigenvalue weighted by atomic mass is 10.2. The van der Waals surface area contributed by atoms with Gasteiger partial charge in [0, 0.05) is 44.3 Å². The minimum Gasteiger partial charge on any atom is -0.354 e. The summed E-state index contributed by atoms with van der Waals surface area (Å²) >= 11 is 0. The van der Waals surface area contributed by atoms with E-state index in [9.17, 15) is 14.4 Å². The predicted molar refractivity (Wildman–Crippen MR) is 114 cm³/mol. The normalized spacial score (nSPS) is 10.2. The number of nitrogens with zero attached hydrogens (tertiary/aromatic N) is 3. The third-order valence-corrected chi connectivity index (χ3v) is 4.01. The second kappa shape index (κ2) is 9.32. The van der Waals surface area contributed by atoms with E-state index >= 15 is 0 Å². The molecule has 0 aliphatic rings. The summed E-state index contributed by atoms with van der Waals surface area (Å²) in [5, 5.41) is 11.1. The van der Waals surface area contributed by atoms with Crippen LogP contribution in [0.1, 0.15) is 17.3 Å². The van der Waals surface area contributed by atoms with Gasteiger partial charge in [-0.15, -0.1) is 0 Å². The number of pyridine rings is 3. The summed E-state index contributed by atoms with van der Waals surface area (Å²) < 4.78 is 1.41. The largest absolute Gasteiger partial charge is 0.354 e. The molecule has 0 radical (unpaired) electrons. The molecule has 0 saturated heterocycles. The first-order valence-corrected chi connectivity index (χ1v) is 9.16. The van der Waals surface area contributed by atoms with E-state index in [-0.39, 0.29) is 16.9 Å². The van der Waals surface area contributed by atoms with Crippen LogP contribution in [0, 0.1) is 0 Å². The Morgan fingerprint density at radius 1 is 1.10 bits per heavy atom. The molecular formula is C20H21N7O3. The van der Waals surface area contributed by atoms with E-state index < -0.39 is 11.9 Å². The molecule has 10 nitrogen and oxygen atoms in total. The molecule has 30 heavy (non-hydrogen) atoms. The fourth-order valence-corrected chi connectivity index (χ4v) is 2.59. The highest BCUT2D eigenvalue weighted by atomic mass is 16.2. The van der Waals surface area contributed by atoms with E-state index in [1.807, 2.05) is 0 Å². The second-order valence-corrected chi connectivity index (χ2v) is 6.29. The molecule has 0 saturated carbocycles. The number of carbonyl (C=O) groups excluding carboxylic acids is 2. The maximum Gasteiger partial charge on any atom is 0.320 e. The first-order valence-electron chi connectivity index (χ1n) is 9.16. The summed E-state index contributed by atoms with van der Waals surface area (Å²) in [5.74, 6) is -0.154. The molecule has 0 aliphatic carbocycles. The Morgan fingerprint density at radius 3 is 2.63 bits per heavy atom. The number of anilines is 4. The number of rotatable bonds is 6. The van der Waals surface area contributed by atoms with E-state index in [1.165, 1.54) is 23.0 Å². The zero-order valence-corrected chi connectivity index (χ0v) is 16.5. The van der Waals surface area contributed by atoms with Crippen molar-refractivity contribution < 1.29 is 9.59 Å². The van der Waals surface area contributed by atoms with Crippen LogP contribution in [0.2, 0.25) is 0 Å². The highest BCUT2D eigenvalue weighted by molar-refractivity contribution is 6.08. The van der Waals surface area contributed by atoms with Crippen molar-refractivity contribution in [3.05, 3.63) is 71.0 Å². The summed E-state index contributed by atoms with van der Waals surface area (Å²) in [5.41, 5.74) is 1.59. The number of urea groups is 1. The summed E-state index contributed by atoms with van der Waals surface area (Å²) in [6.07, 6.45) is 6.09. The Hall–Kier alpha value is -4.21. The van der Waals surface area contributed by atoms with E-state index in [0.717, 1.165) is 0 Å². The molecule has 0 spiro atoms. The molecule has 0 aliphatic heterocycles.